The number of fused-ring (bicyclic) bond motifs is 1. The van der Waals surface area contributed by atoms with Crippen molar-refractivity contribution in [1.82, 2.24) is 4.90 Å². The van der Waals surface area contributed by atoms with E-state index < -0.39 is 29.7 Å². The Morgan fingerprint density at radius 2 is 1.49 bits per heavy atom. The van der Waals surface area contributed by atoms with Crippen LogP contribution in [0, 0.1) is 0 Å². The molecule has 0 radical (unpaired) electrons. The maximum atomic E-state index is 13.4. The lowest BCUT2D eigenvalue weighted by atomic mass is 10.0. The van der Waals surface area contributed by atoms with Crippen LogP contribution in [0.4, 0.5) is 5.69 Å². The highest BCUT2D eigenvalue weighted by Gasteiger charge is 2.43. The number of esters is 1. The number of hydrogen-bond acceptors (Lipinski definition) is 5. The van der Waals surface area contributed by atoms with E-state index in [0.29, 0.717) is 11.3 Å². The molecule has 7 nitrogen and oxygen atoms in total. The summed E-state index contributed by atoms with van der Waals surface area (Å²) in [6.07, 6.45) is 0.0977. The normalized spacial score (nSPS) is 13.4. The minimum Gasteiger partial charge on any atom is -0.462 e. The van der Waals surface area contributed by atoms with E-state index in [0.717, 1.165) is 10.5 Å². The highest BCUT2D eigenvalue weighted by molar-refractivity contribution is 6.43. The molecular weight excluding hydrogens is 491 g/mol. The van der Waals surface area contributed by atoms with Crippen molar-refractivity contribution in [1.29, 1.82) is 0 Å². The Bertz CT molecular complexity index is 1270. The molecule has 1 aliphatic heterocycles. The smallest absolute Gasteiger partial charge is 0.338 e. The summed E-state index contributed by atoms with van der Waals surface area (Å²) < 4.78 is 4.97. The lowest BCUT2D eigenvalue weighted by molar-refractivity contribution is -0.119. The Balaban J connectivity index is 1.63. The van der Waals surface area contributed by atoms with E-state index >= 15 is 0 Å². The van der Waals surface area contributed by atoms with Gasteiger partial charge in [-0.05, 0) is 48.9 Å². The topological polar surface area (TPSA) is 92.8 Å². The molecule has 1 aliphatic rings. The lowest BCUT2D eigenvalue weighted by Crippen LogP contribution is -2.48. The van der Waals surface area contributed by atoms with Gasteiger partial charge in [0.15, 0.2) is 0 Å². The summed E-state index contributed by atoms with van der Waals surface area (Å²) in [5.41, 5.74) is 1.67. The first kappa shape index (κ1) is 24.4. The Kier molecular flexibility index (Phi) is 7.19. The molecule has 0 bridgehead atoms. The van der Waals surface area contributed by atoms with Crippen molar-refractivity contribution in [2.24, 2.45) is 0 Å². The quantitative estimate of drug-likeness (QED) is 0.356. The Morgan fingerprint density at radius 3 is 2.03 bits per heavy atom. The molecule has 1 N–H and O–H groups in total. The second-order valence-corrected chi connectivity index (χ2v) is 8.60. The van der Waals surface area contributed by atoms with Crippen LogP contribution in [-0.4, -0.2) is 41.2 Å². The molecule has 1 heterocycles. The summed E-state index contributed by atoms with van der Waals surface area (Å²) in [7, 11) is 0. The molecule has 4 rings (SSSR count). The van der Waals surface area contributed by atoms with Crippen LogP contribution in [-0.2, 0) is 16.0 Å². The molecule has 0 unspecified atom stereocenters. The van der Waals surface area contributed by atoms with Crippen LogP contribution < -0.4 is 5.32 Å². The van der Waals surface area contributed by atoms with Crippen molar-refractivity contribution in [3.05, 3.63) is 99.0 Å². The van der Waals surface area contributed by atoms with Crippen molar-refractivity contribution in [2.45, 2.75) is 19.4 Å². The van der Waals surface area contributed by atoms with Gasteiger partial charge in [0.1, 0.15) is 6.04 Å². The van der Waals surface area contributed by atoms with E-state index in [4.69, 9.17) is 27.9 Å². The van der Waals surface area contributed by atoms with Crippen LogP contribution >= 0.6 is 23.2 Å². The van der Waals surface area contributed by atoms with E-state index in [9.17, 15) is 19.2 Å². The van der Waals surface area contributed by atoms with Gasteiger partial charge in [0.25, 0.3) is 11.8 Å². The Morgan fingerprint density at radius 1 is 0.914 bits per heavy atom. The molecule has 0 spiro atoms. The van der Waals surface area contributed by atoms with E-state index in [1.54, 1.807) is 43.3 Å². The van der Waals surface area contributed by atoms with Crippen molar-refractivity contribution in [3.8, 4) is 0 Å². The zero-order valence-corrected chi connectivity index (χ0v) is 20.1. The third-order valence-corrected chi connectivity index (χ3v) is 6.23. The van der Waals surface area contributed by atoms with Gasteiger partial charge in [-0.25, -0.2) is 4.79 Å². The fourth-order valence-electron chi connectivity index (χ4n) is 3.80. The van der Waals surface area contributed by atoms with E-state index in [1.807, 2.05) is 6.07 Å². The first-order chi connectivity index (χ1) is 16.8. The van der Waals surface area contributed by atoms with Gasteiger partial charge in [0, 0.05) is 12.1 Å². The third-order valence-electron chi connectivity index (χ3n) is 5.51. The molecule has 9 heteroatoms. The number of hydrogen-bond donors (Lipinski definition) is 1. The average Bonchev–Trinajstić information content (AvgIpc) is 3.08. The predicted octanol–water partition coefficient (Wildman–Crippen LogP) is 5.02. The van der Waals surface area contributed by atoms with Crippen LogP contribution in [0.15, 0.2) is 66.7 Å². The molecular formula is C26H20Cl2N2O5. The number of rotatable bonds is 7. The summed E-state index contributed by atoms with van der Waals surface area (Å²) in [5, 5.41) is 3.01. The number of ether oxygens (including phenoxy) is 1. The zero-order valence-electron chi connectivity index (χ0n) is 18.6. The Hall–Kier alpha value is -3.68. The highest BCUT2D eigenvalue weighted by Crippen LogP contribution is 2.33. The number of carbonyl (C=O) groups is 4. The van der Waals surface area contributed by atoms with Gasteiger partial charge in [-0.3, -0.25) is 19.3 Å². The minimum absolute atomic E-state index is 0.0917. The second kappa shape index (κ2) is 10.3. The van der Waals surface area contributed by atoms with Crippen molar-refractivity contribution in [3.63, 3.8) is 0 Å². The number of carbonyl (C=O) groups excluding carboxylic acids is 4. The summed E-state index contributed by atoms with van der Waals surface area (Å²) in [6.45, 7) is 1.95. The van der Waals surface area contributed by atoms with Crippen LogP contribution in [0.5, 0.6) is 0 Å². The van der Waals surface area contributed by atoms with E-state index in [1.165, 1.54) is 24.3 Å². The summed E-state index contributed by atoms with van der Waals surface area (Å²) in [5.74, 6) is -2.30. The molecule has 0 aromatic heterocycles. The van der Waals surface area contributed by atoms with Crippen molar-refractivity contribution >= 4 is 52.6 Å². The molecule has 3 aromatic carbocycles. The summed E-state index contributed by atoms with van der Waals surface area (Å²) >= 11 is 12.1. The predicted molar refractivity (Wildman–Crippen MR) is 132 cm³/mol. The number of halogens is 2. The SMILES string of the molecule is CCOC(=O)c1ccc(NC(=O)[C@H](Cc2ccccc2)N2C(=O)c3cc(Cl)c(Cl)cc3C2=O)cc1. The molecule has 0 aliphatic carbocycles. The number of amides is 3. The number of anilines is 1. The Labute approximate surface area is 211 Å². The maximum absolute atomic E-state index is 13.4. The number of nitrogens with one attached hydrogen (secondary N) is 1. The number of nitrogens with zero attached hydrogens (tertiary/aromatic N) is 1. The highest BCUT2D eigenvalue weighted by atomic mass is 35.5. The summed E-state index contributed by atoms with van der Waals surface area (Å²) in [4.78, 5) is 52.6. The van der Waals surface area contributed by atoms with Crippen LogP contribution in [0.1, 0.15) is 43.6 Å². The molecule has 178 valence electrons. The fraction of sp³-hybridized carbons (Fsp3) is 0.154. The standard InChI is InChI=1S/C26H20Cl2N2O5/c1-2-35-26(34)16-8-10-17(11-9-16)29-23(31)22(12-15-6-4-3-5-7-15)30-24(32)18-13-20(27)21(28)14-19(18)25(30)33/h3-11,13-14,22H,2,12H2,1H3,(H,29,31)/t22-/m0/s1. The molecule has 0 saturated heterocycles. The maximum Gasteiger partial charge on any atom is 0.338 e. The van der Waals surface area contributed by atoms with Gasteiger partial charge in [-0.15, -0.1) is 0 Å². The molecule has 1 atom stereocenters. The summed E-state index contributed by atoms with van der Waals surface area (Å²) in [6, 6.07) is 16.7. The number of imide groups is 1. The monoisotopic (exact) mass is 510 g/mol. The lowest BCUT2D eigenvalue weighted by Gasteiger charge is -2.25. The zero-order chi connectivity index (χ0) is 25.1. The molecule has 0 fully saturated rings. The van der Waals surface area contributed by atoms with E-state index in [2.05, 4.69) is 5.32 Å². The van der Waals surface area contributed by atoms with Gasteiger partial charge >= 0.3 is 5.97 Å². The van der Waals surface area contributed by atoms with Gasteiger partial charge in [0.2, 0.25) is 5.91 Å². The van der Waals surface area contributed by atoms with Crippen LogP contribution in [0.25, 0.3) is 0 Å². The largest absolute Gasteiger partial charge is 0.462 e. The molecule has 0 saturated carbocycles. The van der Waals surface area contributed by atoms with Gasteiger partial charge in [-0.1, -0.05) is 53.5 Å². The third kappa shape index (κ3) is 5.06. The first-order valence-electron chi connectivity index (χ1n) is 10.8. The minimum atomic E-state index is -1.15. The average molecular weight is 511 g/mol. The van der Waals surface area contributed by atoms with Gasteiger partial charge in [0.05, 0.1) is 33.3 Å². The van der Waals surface area contributed by atoms with Crippen molar-refractivity contribution in [2.75, 3.05) is 11.9 Å². The first-order valence-corrected chi connectivity index (χ1v) is 11.5. The van der Waals surface area contributed by atoms with Gasteiger partial charge in [-0.2, -0.15) is 0 Å². The van der Waals surface area contributed by atoms with Crippen LogP contribution in [0.2, 0.25) is 10.0 Å². The van der Waals surface area contributed by atoms with Crippen LogP contribution in [0.3, 0.4) is 0 Å². The molecule has 3 aromatic rings. The number of benzene rings is 3. The molecule has 35 heavy (non-hydrogen) atoms. The molecule has 3 amide bonds. The van der Waals surface area contributed by atoms with E-state index in [-0.39, 0.29) is 34.2 Å². The fourth-order valence-corrected chi connectivity index (χ4v) is 4.13. The van der Waals surface area contributed by atoms with Crippen molar-refractivity contribution < 1.29 is 23.9 Å². The second-order valence-electron chi connectivity index (χ2n) is 7.78. The van der Waals surface area contributed by atoms with Gasteiger partial charge < -0.3 is 10.1 Å².